The van der Waals surface area contributed by atoms with Gasteiger partial charge in [0.2, 0.25) is 0 Å². The molecule has 0 aliphatic rings. The number of hydrogen-bond donors (Lipinski definition) is 1. The van der Waals surface area contributed by atoms with Gasteiger partial charge in [-0.15, -0.1) is 0 Å². The number of halogens is 2. The minimum atomic E-state index is -0.763. The molecule has 0 spiro atoms. The van der Waals surface area contributed by atoms with Crippen LogP contribution in [0.1, 0.15) is 24.1 Å². The van der Waals surface area contributed by atoms with E-state index < -0.39 is 36.2 Å². The summed E-state index contributed by atoms with van der Waals surface area (Å²) in [5.41, 5.74) is 0.866. The molecular formula is C20H19F2NO4. The lowest BCUT2D eigenvalue weighted by atomic mass is 10.1. The quantitative estimate of drug-likeness (QED) is 0.595. The van der Waals surface area contributed by atoms with Gasteiger partial charge in [0.1, 0.15) is 17.4 Å². The van der Waals surface area contributed by atoms with Gasteiger partial charge in [-0.25, -0.2) is 13.6 Å². The monoisotopic (exact) mass is 375 g/mol. The normalized spacial score (nSPS) is 11.9. The van der Waals surface area contributed by atoms with Crippen LogP contribution in [0.5, 0.6) is 5.75 Å². The Morgan fingerprint density at radius 2 is 1.96 bits per heavy atom. The Bertz CT molecular complexity index is 852. The van der Waals surface area contributed by atoms with Crippen molar-refractivity contribution in [2.24, 2.45) is 0 Å². The van der Waals surface area contributed by atoms with Crippen molar-refractivity contribution in [2.75, 3.05) is 13.7 Å². The molecule has 1 amide bonds. The number of esters is 1. The molecular weight excluding hydrogens is 356 g/mol. The van der Waals surface area contributed by atoms with Gasteiger partial charge < -0.3 is 14.8 Å². The fourth-order valence-electron chi connectivity index (χ4n) is 2.31. The number of benzene rings is 2. The smallest absolute Gasteiger partial charge is 0.331 e. The molecule has 7 heteroatoms. The molecule has 2 rings (SSSR count). The van der Waals surface area contributed by atoms with E-state index in [4.69, 9.17) is 9.47 Å². The molecule has 27 heavy (non-hydrogen) atoms. The minimum Gasteiger partial charge on any atom is -0.497 e. The summed E-state index contributed by atoms with van der Waals surface area (Å²) in [7, 11) is 1.54. The Kier molecular flexibility index (Phi) is 7.05. The summed E-state index contributed by atoms with van der Waals surface area (Å²) in [6, 6.07) is 9.43. The largest absolute Gasteiger partial charge is 0.497 e. The van der Waals surface area contributed by atoms with Crippen LogP contribution in [0.3, 0.4) is 0 Å². The number of ether oxygens (including phenoxy) is 2. The molecule has 5 nitrogen and oxygen atoms in total. The molecule has 0 fully saturated rings. The van der Waals surface area contributed by atoms with Gasteiger partial charge in [-0.3, -0.25) is 4.79 Å². The molecule has 0 aromatic heterocycles. The van der Waals surface area contributed by atoms with Gasteiger partial charge in [-0.05, 0) is 36.8 Å². The van der Waals surface area contributed by atoms with Crippen molar-refractivity contribution in [3.63, 3.8) is 0 Å². The first-order valence-corrected chi connectivity index (χ1v) is 8.12. The second-order valence-electron chi connectivity index (χ2n) is 5.67. The van der Waals surface area contributed by atoms with E-state index in [1.54, 1.807) is 31.2 Å². The molecule has 0 bridgehead atoms. The average molecular weight is 375 g/mol. The lowest BCUT2D eigenvalue weighted by molar-refractivity contribution is -0.144. The molecule has 0 heterocycles. The molecule has 142 valence electrons. The van der Waals surface area contributed by atoms with Gasteiger partial charge in [0.15, 0.2) is 6.61 Å². The minimum absolute atomic E-state index is 0.133. The number of carbonyl (C=O) groups excluding carboxylic acids is 2. The van der Waals surface area contributed by atoms with Crippen LogP contribution >= 0.6 is 0 Å². The first-order chi connectivity index (χ1) is 12.9. The highest BCUT2D eigenvalue weighted by Crippen LogP contribution is 2.17. The lowest BCUT2D eigenvalue weighted by Gasteiger charge is -2.15. The zero-order valence-electron chi connectivity index (χ0n) is 14.9. The van der Waals surface area contributed by atoms with Crippen LogP contribution in [0, 0.1) is 11.6 Å². The predicted octanol–water partition coefficient (Wildman–Crippen LogP) is 3.41. The summed E-state index contributed by atoms with van der Waals surface area (Å²) in [5, 5.41) is 2.48. The second-order valence-corrected chi connectivity index (χ2v) is 5.67. The fraction of sp³-hybridized carbons (Fsp3) is 0.200. The van der Waals surface area contributed by atoms with Gasteiger partial charge in [0.05, 0.1) is 13.2 Å². The van der Waals surface area contributed by atoms with Crippen LogP contribution < -0.4 is 10.1 Å². The van der Waals surface area contributed by atoms with Crippen LogP contribution in [0.15, 0.2) is 48.5 Å². The van der Waals surface area contributed by atoms with E-state index in [0.29, 0.717) is 5.75 Å². The molecule has 2 aromatic rings. The number of methoxy groups -OCH3 is 1. The van der Waals surface area contributed by atoms with Crippen molar-refractivity contribution < 1.29 is 27.8 Å². The van der Waals surface area contributed by atoms with Crippen molar-refractivity contribution in [1.29, 1.82) is 0 Å². The predicted molar refractivity (Wildman–Crippen MR) is 95.9 cm³/mol. The van der Waals surface area contributed by atoms with Crippen LogP contribution in [0.25, 0.3) is 6.08 Å². The van der Waals surface area contributed by atoms with E-state index >= 15 is 0 Å². The summed E-state index contributed by atoms with van der Waals surface area (Å²) >= 11 is 0. The highest BCUT2D eigenvalue weighted by Gasteiger charge is 2.15. The summed E-state index contributed by atoms with van der Waals surface area (Å²) in [4.78, 5) is 23.5. The molecule has 0 aliphatic heterocycles. The lowest BCUT2D eigenvalue weighted by Crippen LogP contribution is -2.31. The zero-order chi connectivity index (χ0) is 19.8. The third kappa shape index (κ3) is 6.22. The maximum absolute atomic E-state index is 13.7. The van der Waals surface area contributed by atoms with Crippen molar-refractivity contribution in [3.8, 4) is 5.75 Å². The average Bonchev–Trinajstić information content (AvgIpc) is 2.64. The molecule has 1 atom stereocenters. The summed E-state index contributed by atoms with van der Waals surface area (Å²) < 4.78 is 36.5. The Labute approximate surface area is 155 Å². The maximum atomic E-state index is 13.7. The molecule has 0 saturated heterocycles. The van der Waals surface area contributed by atoms with Gasteiger partial charge in [0, 0.05) is 17.7 Å². The van der Waals surface area contributed by atoms with E-state index in [0.717, 1.165) is 17.7 Å². The van der Waals surface area contributed by atoms with E-state index in [1.165, 1.54) is 25.3 Å². The van der Waals surface area contributed by atoms with Crippen molar-refractivity contribution in [3.05, 3.63) is 71.3 Å². The molecule has 0 aliphatic carbocycles. The number of amides is 1. The summed E-state index contributed by atoms with van der Waals surface area (Å²) in [5.74, 6) is -2.12. The number of carbonyl (C=O) groups is 2. The van der Waals surface area contributed by atoms with Gasteiger partial charge >= 0.3 is 5.97 Å². The first-order valence-electron chi connectivity index (χ1n) is 8.12. The van der Waals surface area contributed by atoms with Crippen LogP contribution in [-0.2, 0) is 14.3 Å². The molecule has 0 unspecified atom stereocenters. The standard InChI is InChI=1S/C20H19F2NO4/c1-13(17-8-7-15(21)11-18(17)22)23-19(24)12-27-20(25)9-6-14-4-3-5-16(10-14)26-2/h3-11,13H,12H2,1-2H3,(H,23,24)/b9-6+/t13-/m1/s1. The van der Waals surface area contributed by atoms with Crippen LogP contribution in [-0.4, -0.2) is 25.6 Å². The molecule has 2 aromatic carbocycles. The topological polar surface area (TPSA) is 64.6 Å². The van der Waals surface area contributed by atoms with Crippen molar-refractivity contribution in [1.82, 2.24) is 5.32 Å². The number of rotatable bonds is 7. The summed E-state index contributed by atoms with van der Waals surface area (Å²) in [6.07, 6.45) is 2.71. The molecule has 0 radical (unpaired) electrons. The van der Waals surface area contributed by atoms with E-state index in [2.05, 4.69) is 5.32 Å². The highest BCUT2D eigenvalue weighted by molar-refractivity contribution is 5.89. The molecule has 1 N–H and O–H groups in total. The number of nitrogens with one attached hydrogen (secondary N) is 1. The van der Waals surface area contributed by atoms with Gasteiger partial charge in [0.25, 0.3) is 5.91 Å². The third-order valence-electron chi connectivity index (χ3n) is 3.66. The van der Waals surface area contributed by atoms with Crippen molar-refractivity contribution >= 4 is 18.0 Å². The SMILES string of the molecule is COc1cccc(/C=C/C(=O)OCC(=O)N[C@H](C)c2ccc(F)cc2F)c1. The Morgan fingerprint density at radius 3 is 2.67 bits per heavy atom. The fourth-order valence-corrected chi connectivity index (χ4v) is 2.31. The van der Waals surface area contributed by atoms with Crippen molar-refractivity contribution in [2.45, 2.75) is 13.0 Å². The summed E-state index contributed by atoms with van der Waals surface area (Å²) in [6.45, 7) is 1.02. The highest BCUT2D eigenvalue weighted by atomic mass is 19.1. The third-order valence-corrected chi connectivity index (χ3v) is 3.66. The Balaban J connectivity index is 1.83. The Hall–Kier alpha value is -3.22. The van der Waals surface area contributed by atoms with E-state index in [-0.39, 0.29) is 5.56 Å². The number of hydrogen-bond acceptors (Lipinski definition) is 4. The maximum Gasteiger partial charge on any atom is 0.331 e. The second kappa shape index (κ2) is 9.47. The Morgan fingerprint density at radius 1 is 1.19 bits per heavy atom. The van der Waals surface area contributed by atoms with E-state index in [9.17, 15) is 18.4 Å². The zero-order valence-corrected chi connectivity index (χ0v) is 14.9. The molecule has 0 saturated carbocycles. The van der Waals surface area contributed by atoms with Gasteiger partial charge in [-0.1, -0.05) is 18.2 Å². The van der Waals surface area contributed by atoms with Crippen LogP contribution in [0.2, 0.25) is 0 Å². The van der Waals surface area contributed by atoms with Crippen LogP contribution in [0.4, 0.5) is 8.78 Å². The van der Waals surface area contributed by atoms with E-state index in [1.807, 2.05) is 0 Å². The first kappa shape index (κ1) is 20.1. The van der Waals surface area contributed by atoms with Gasteiger partial charge in [-0.2, -0.15) is 0 Å².